The summed E-state index contributed by atoms with van der Waals surface area (Å²) in [4.78, 5) is 27.6. The van der Waals surface area contributed by atoms with Crippen molar-refractivity contribution in [3.05, 3.63) is 0 Å². The summed E-state index contributed by atoms with van der Waals surface area (Å²) in [6.07, 6.45) is 0.531. The molecule has 0 aliphatic carbocycles. The van der Waals surface area contributed by atoms with Crippen LogP contribution < -0.4 is 5.32 Å². The van der Waals surface area contributed by atoms with E-state index >= 15 is 0 Å². The van der Waals surface area contributed by atoms with Crippen molar-refractivity contribution in [2.45, 2.75) is 27.2 Å². The van der Waals surface area contributed by atoms with Crippen LogP contribution in [0.25, 0.3) is 0 Å². The molecule has 1 N–H and O–H groups in total. The number of rotatable bonds is 3. The maximum Gasteiger partial charge on any atom is 0.228 e. The van der Waals surface area contributed by atoms with Crippen LogP contribution in [0.4, 0.5) is 0 Å². The van der Waals surface area contributed by atoms with Crippen LogP contribution in [0.2, 0.25) is 0 Å². The molecular formula is C13H26ClN3O2. The molecule has 0 radical (unpaired) electrons. The van der Waals surface area contributed by atoms with Crippen LogP contribution in [0, 0.1) is 5.41 Å². The normalized spacial score (nSPS) is 16.0. The van der Waals surface area contributed by atoms with E-state index in [-0.39, 0.29) is 29.6 Å². The van der Waals surface area contributed by atoms with Gasteiger partial charge < -0.3 is 15.1 Å². The van der Waals surface area contributed by atoms with Crippen molar-refractivity contribution in [1.29, 1.82) is 0 Å². The van der Waals surface area contributed by atoms with Crippen LogP contribution in [0.1, 0.15) is 27.2 Å². The number of amides is 2. The van der Waals surface area contributed by atoms with Gasteiger partial charge in [-0.1, -0.05) is 20.8 Å². The number of hydrogen-bond acceptors (Lipinski definition) is 3. The molecule has 1 aliphatic heterocycles. The van der Waals surface area contributed by atoms with Gasteiger partial charge in [0.2, 0.25) is 11.8 Å². The summed E-state index contributed by atoms with van der Waals surface area (Å²) in [5, 5.41) is 2.97. The summed E-state index contributed by atoms with van der Waals surface area (Å²) in [7, 11) is 1.84. The third kappa shape index (κ3) is 5.37. The second-order valence-corrected chi connectivity index (χ2v) is 5.78. The zero-order chi connectivity index (χ0) is 13.8. The third-order valence-electron chi connectivity index (χ3n) is 3.15. The number of nitrogens with zero attached hydrogens (tertiary/aromatic N) is 2. The Hall–Kier alpha value is -0.810. The van der Waals surface area contributed by atoms with E-state index in [1.807, 2.05) is 37.6 Å². The summed E-state index contributed by atoms with van der Waals surface area (Å²) in [6.45, 7) is 9.12. The molecule has 0 bridgehead atoms. The van der Waals surface area contributed by atoms with Crippen LogP contribution >= 0.6 is 12.4 Å². The molecule has 0 aromatic carbocycles. The highest BCUT2D eigenvalue weighted by molar-refractivity contribution is 5.85. The fraction of sp³-hybridized carbons (Fsp3) is 0.846. The van der Waals surface area contributed by atoms with E-state index in [4.69, 9.17) is 0 Å². The average molecular weight is 292 g/mol. The minimum Gasteiger partial charge on any atom is -0.339 e. The lowest BCUT2D eigenvalue weighted by molar-refractivity contribution is -0.144. The van der Waals surface area contributed by atoms with E-state index in [0.29, 0.717) is 39.1 Å². The van der Waals surface area contributed by atoms with Gasteiger partial charge in [-0.25, -0.2) is 0 Å². The smallest absolute Gasteiger partial charge is 0.228 e. The van der Waals surface area contributed by atoms with Crippen LogP contribution in [-0.4, -0.2) is 61.4 Å². The Labute approximate surface area is 122 Å². The van der Waals surface area contributed by atoms with Crippen molar-refractivity contribution < 1.29 is 9.59 Å². The molecule has 112 valence electrons. The second-order valence-electron chi connectivity index (χ2n) is 5.78. The van der Waals surface area contributed by atoms with Crippen molar-refractivity contribution in [2.24, 2.45) is 5.41 Å². The van der Waals surface area contributed by atoms with E-state index in [2.05, 4.69) is 5.32 Å². The Morgan fingerprint density at radius 3 is 1.95 bits per heavy atom. The number of hydrogen-bond donors (Lipinski definition) is 1. The van der Waals surface area contributed by atoms with Crippen LogP contribution in [-0.2, 0) is 9.59 Å². The minimum atomic E-state index is -0.335. The van der Waals surface area contributed by atoms with Gasteiger partial charge >= 0.3 is 0 Å². The molecule has 1 fully saturated rings. The molecule has 0 saturated carbocycles. The maximum atomic E-state index is 12.1. The lowest BCUT2D eigenvalue weighted by Gasteiger charge is -2.37. The first-order chi connectivity index (χ1) is 8.36. The van der Waals surface area contributed by atoms with Gasteiger partial charge in [-0.3, -0.25) is 9.59 Å². The molecule has 0 unspecified atom stereocenters. The first-order valence-corrected chi connectivity index (χ1v) is 6.58. The molecule has 2 amide bonds. The van der Waals surface area contributed by atoms with Crippen LogP contribution in [0.5, 0.6) is 0 Å². The first-order valence-electron chi connectivity index (χ1n) is 6.58. The van der Waals surface area contributed by atoms with E-state index in [1.165, 1.54) is 0 Å². The molecule has 1 heterocycles. The topological polar surface area (TPSA) is 52.7 Å². The van der Waals surface area contributed by atoms with Gasteiger partial charge in [0.25, 0.3) is 0 Å². The molecule has 5 nitrogen and oxygen atoms in total. The maximum absolute atomic E-state index is 12.1. The van der Waals surface area contributed by atoms with Gasteiger partial charge in [-0.15, -0.1) is 12.4 Å². The van der Waals surface area contributed by atoms with Crippen LogP contribution in [0.3, 0.4) is 0 Å². The largest absolute Gasteiger partial charge is 0.339 e. The monoisotopic (exact) mass is 291 g/mol. The quantitative estimate of drug-likeness (QED) is 0.834. The molecule has 19 heavy (non-hydrogen) atoms. The highest BCUT2D eigenvalue weighted by atomic mass is 35.5. The molecule has 1 saturated heterocycles. The molecule has 0 atom stereocenters. The number of halogens is 1. The van der Waals surface area contributed by atoms with Crippen LogP contribution in [0.15, 0.2) is 0 Å². The number of nitrogens with one attached hydrogen (secondary N) is 1. The van der Waals surface area contributed by atoms with Gasteiger partial charge in [-0.2, -0.15) is 0 Å². The average Bonchev–Trinajstić information content (AvgIpc) is 2.34. The van der Waals surface area contributed by atoms with E-state index < -0.39 is 0 Å². The van der Waals surface area contributed by atoms with E-state index in [9.17, 15) is 9.59 Å². The van der Waals surface area contributed by atoms with Gasteiger partial charge in [0, 0.05) is 44.6 Å². The van der Waals surface area contributed by atoms with E-state index in [0.717, 1.165) is 0 Å². The Bertz CT molecular complexity index is 308. The molecule has 0 aromatic heterocycles. The lowest BCUT2D eigenvalue weighted by atomic mass is 9.94. The van der Waals surface area contributed by atoms with Gasteiger partial charge in [-0.05, 0) is 7.05 Å². The Morgan fingerprint density at radius 1 is 1.05 bits per heavy atom. The van der Waals surface area contributed by atoms with Crippen molar-refractivity contribution in [1.82, 2.24) is 15.1 Å². The number of carbonyl (C=O) groups excluding carboxylic acids is 2. The van der Waals surface area contributed by atoms with Crippen molar-refractivity contribution >= 4 is 24.2 Å². The minimum absolute atomic E-state index is 0. The van der Waals surface area contributed by atoms with Crippen molar-refractivity contribution in [3.8, 4) is 0 Å². The van der Waals surface area contributed by atoms with Crippen molar-refractivity contribution in [2.75, 3.05) is 39.8 Å². The third-order valence-corrected chi connectivity index (χ3v) is 3.15. The molecule has 1 aliphatic rings. The lowest BCUT2D eigenvalue weighted by Crippen LogP contribution is -2.53. The highest BCUT2D eigenvalue weighted by Gasteiger charge is 2.30. The summed E-state index contributed by atoms with van der Waals surface area (Å²) in [5.41, 5.74) is -0.335. The molecular weight excluding hydrogens is 266 g/mol. The van der Waals surface area contributed by atoms with Crippen molar-refractivity contribution in [3.63, 3.8) is 0 Å². The summed E-state index contributed by atoms with van der Waals surface area (Å²) in [5.74, 6) is 0.344. The first kappa shape index (κ1) is 18.2. The van der Waals surface area contributed by atoms with Gasteiger partial charge in [0.05, 0.1) is 0 Å². The van der Waals surface area contributed by atoms with Gasteiger partial charge in [0.1, 0.15) is 0 Å². The fourth-order valence-corrected chi connectivity index (χ4v) is 2.02. The Balaban J connectivity index is 0.00000324. The number of piperazine rings is 1. The predicted molar refractivity (Wildman–Crippen MR) is 78.4 cm³/mol. The summed E-state index contributed by atoms with van der Waals surface area (Å²) >= 11 is 0. The molecule has 6 heteroatoms. The molecule has 0 aromatic rings. The van der Waals surface area contributed by atoms with Gasteiger partial charge in [0.15, 0.2) is 0 Å². The number of carbonyl (C=O) groups is 2. The predicted octanol–water partition coefficient (Wildman–Crippen LogP) is 0.735. The molecule has 1 rings (SSSR count). The second kappa shape index (κ2) is 7.70. The highest BCUT2D eigenvalue weighted by Crippen LogP contribution is 2.18. The Morgan fingerprint density at radius 2 is 1.53 bits per heavy atom. The zero-order valence-corrected chi connectivity index (χ0v) is 13.2. The summed E-state index contributed by atoms with van der Waals surface area (Å²) < 4.78 is 0. The molecule has 0 spiro atoms. The zero-order valence-electron chi connectivity index (χ0n) is 12.4. The van der Waals surface area contributed by atoms with E-state index in [1.54, 1.807) is 0 Å². The SMILES string of the molecule is CNCCC(=O)N1CCN(C(=O)C(C)(C)C)CC1.Cl. The summed E-state index contributed by atoms with van der Waals surface area (Å²) in [6, 6.07) is 0. The Kier molecular flexibility index (Phi) is 7.37. The standard InChI is InChI=1S/C13H25N3O2.ClH/c1-13(2,3)12(18)16-9-7-15(8-10-16)11(17)5-6-14-4;/h14H,5-10H2,1-4H3;1H. The fourth-order valence-electron chi connectivity index (χ4n) is 2.02.